The Morgan fingerprint density at radius 3 is 2.79 bits per heavy atom. The van der Waals surface area contributed by atoms with Crippen LogP contribution in [-0.2, 0) is 24.1 Å². The monoisotopic (exact) mass is 386 g/mol. The lowest BCUT2D eigenvalue weighted by Crippen LogP contribution is -2.50. The molecule has 3 rings (SSSR count). The molecule has 0 bridgehead atoms. The number of rotatable bonds is 9. The first-order chi connectivity index (χ1) is 13.5. The van der Waals surface area contributed by atoms with Crippen molar-refractivity contribution in [2.24, 2.45) is 0 Å². The third-order valence-electron chi connectivity index (χ3n) is 5.67. The number of unbranched alkanes of at least 4 members (excludes halogenated alkanes) is 1. The number of aromatic nitrogens is 3. The van der Waals surface area contributed by atoms with Gasteiger partial charge in [0.15, 0.2) is 0 Å². The van der Waals surface area contributed by atoms with E-state index in [1.165, 1.54) is 11.1 Å². The van der Waals surface area contributed by atoms with Gasteiger partial charge in [0.05, 0.1) is 24.5 Å². The van der Waals surface area contributed by atoms with Crippen LogP contribution in [0, 0.1) is 6.92 Å². The average molecular weight is 387 g/mol. The summed E-state index contributed by atoms with van der Waals surface area (Å²) in [6.45, 7) is 6.38. The zero-order valence-corrected chi connectivity index (χ0v) is 17.4. The van der Waals surface area contributed by atoms with E-state index in [1.54, 1.807) is 0 Å². The van der Waals surface area contributed by atoms with Gasteiger partial charge in [0.25, 0.3) is 0 Å². The van der Waals surface area contributed by atoms with Gasteiger partial charge >= 0.3 is 0 Å². The molecule has 6 nitrogen and oxygen atoms in total. The molecule has 154 valence electrons. The van der Waals surface area contributed by atoms with Crippen molar-refractivity contribution in [1.29, 1.82) is 0 Å². The van der Waals surface area contributed by atoms with Crippen molar-refractivity contribution < 1.29 is 9.84 Å². The fourth-order valence-corrected chi connectivity index (χ4v) is 3.79. The van der Waals surface area contributed by atoms with Gasteiger partial charge in [0.1, 0.15) is 0 Å². The first kappa shape index (κ1) is 21.0. The molecule has 2 aromatic rings. The van der Waals surface area contributed by atoms with Crippen LogP contribution >= 0.6 is 0 Å². The standard InChI is InChI=1S/C22H34N4O2/c1-17-7-9-19(10-8-17)6-4-5-12-26-15-20(23-24-26)11-13-25(3)21-14-18(2)28-16-22(21)27/h7-10,15,18,21-22,27H,4-6,11-14,16H2,1-3H3/t18-,21+,22+/m1/s1. The van der Waals surface area contributed by atoms with Gasteiger partial charge < -0.3 is 14.7 Å². The van der Waals surface area contributed by atoms with Gasteiger partial charge in [-0.25, -0.2) is 0 Å². The Morgan fingerprint density at radius 2 is 2.00 bits per heavy atom. The molecule has 1 aliphatic rings. The molecule has 1 aliphatic heterocycles. The summed E-state index contributed by atoms with van der Waals surface area (Å²) < 4.78 is 7.47. The predicted octanol–water partition coefficient (Wildman–Crippen LogP) is 2.62. The van der Waals surface area contributed by atoms with Crippen LogP contribution in [0.3, 0.4) is 0 Å². The summed E-state index contributed by atoms with van der Waals surface area (Å²) in [6, 6.07) is 8.94. The molecular formula is C22H34N4O2. The number of hydrogen-bond donors (Lipinski definition) is 1. The van der Waals surface area contributed by atoms with Crippen molar-refractivity contribution in [1.82, 2.24) is 19.9 Å². The van der Waals surface area contributed by atoms with E-state index in [4.69, 9.17) is 4.74 Å². The number of likely N-dealkylation sites (N-methyl/N-ethyl adjacent to an activating group) is 1. The minimum absolute atomic E-state index is 0.153. The highest BCUT2D eigenvalue weighted by atomic mass is 16.5. The fraction of sp³-hybridized carbons (Fsp3) is 0.636. The van der Waals surface area contributed by atoms with Gasteiger partial charge in [0, 0.05) is 31.7 Å². The summed E-state index contributed by atoms with van der Waals surface area (Å²) >= 11 is 0. The van der Waals surface area contributed by atoms with E-state index in [0.717, 1.165) is 50.9 Å². The SMILES string of the molecule is Cc1ccc(CCCCn2cc(CCN(C)[C@H]3C[C@@H](C)OC[C@@H]3O)nn2)cc1. The largest absolute Gasteiger partial charge is 0.389 e. The highest BCUT2D eigenvalue weighted by molar-refractivity contribution is 5.21. The molecule has 1 aromatic carbocycles. The van der Waals surface area contributed by atoms with Crippen molar-refractivity contribution in [2.45, 2.75) is 70.7 Å². The van der Waals surface area contributed by atoms with Crippen LogP contribution in [0.2, 0.25) is 0 Å². The van der Waals surface area contributed by atoms with Gasteiger partial charge in [-0.1, -0.05) is 35.0 Å². The molecule has 0 aliphatic carbocycles. The maximum absolute atomic E-state index is 10.2. The number of nitrogens with zero attached hydrogens (tertiary/aromatic N) is 4. The Balaban J connectivity index is 1.37. The molecule has 2 heterocycles. The zero-order chi connectivity index (χ0) is 19.9. The molecular weight excluding hydrogens is 352 g/mol. The summed E-state index contributed by atoms with van der Waals surface area (Å²) in [4.78, 5) is 2.23. The smallest absolute Gasteiger partial charge is 0.0929 e. The van der Waals surface area contributed by atoms with Crippen LogP contribution in [0.25, 0.3) is 0 Å². The van der Waals surface area contributed by atoms with Crippen molar-refractivity contribution in [3.63, 3.8) is 0 Å². The lowest BCUT2D eigenvalue weighted by atomic mass is 10.00. The van der Waals surface area contributed by atoms with Crippen molar-refractivity contribution in [3.05, 3.63) is 47.3 Å². The summed E-state index contributed by atoms with van der Waals surface area (Å²) in [7, 11) is 2.07. The molecule has 6 heteroatoms. The lowest BCUT2D eigenvalue weighted by Gasteiger charge is -2.37. The predicted molar refractivity (Wildman–Crippen MR) is 110 cm³/mol. The summed E-state index contributed by atoms with van der Waals surface area (Å²) in [5.74, 6) is 0. The molecule has 3 atom stereocenters. The van der Waals surface area contributed by atoms with Crippen molar-refractivity contribution >= 4 is 0 Å². The van der Waals surface area contributed by atoms with Crippen LogP contribution in [-0.4, -0.2) is 63.4 Å². The Hall–Kier alpha value is -1.76. The number of aliphatic hydroxyl groups excluding tert-OH is 1. The van der Waals surface area contributed by atoms with Crippen LogP contribution in [0.15, 0.2) is 30.5 Å². The van der Waals surface area contributed by atoms with Crippen molar-refractivity contribution in [2.75, 3.05) is 20.2 Å². The van der Waals surface area contributed by atoms with Gasteiger partial charge in [-0.3, -0.25) is 4.68 Å². The van der Waals surface area contributed by atoms with Gasteiger partial charge in [-0.2, -0.15) is 0 Å². The van der Waals surface area contributed by atoms with E-state index >= 15 is 0 Å². The van der Waals surface area contributed by atoms with Crippen LogP contribution in [0.5, 0.6) is 0 Å². The lowest BCUT2D eigenvalue weighted by molar-refractivity contribution is -0.0916. The maximum atomic E-state index is 10.2. The molecule has 28 heavy (non-hydrogen) atoms. The highest BCUT2D eigenvalue weighted by Gasteiger charge is 2.30. The second-order valence-electron chi connectivity index (χ2n) is 8.16. The Morgan fingerprint density at radius 1 is 1.21 bits per heavy atom. The zero-order valence-electron chi connectivity index (χ0n) is 17.4. The number of aliphatic hydroxyl groups is 1. The Bertz CT molecular complexity index is 716. The van der Waals surface area contributed by atoms with Crippen LogP contribution < -0.4 is 0 Å². The maximum Gasteiger partial charge on any atom is 0.0929 e. The number of ether oxygens (including phenoxy) is 1. The number of benzene rings is 1. The quantitative estimate of drug-likeness (QED) is 0.671. The van der Waals surface area contributed by atoms with Gasteiger partial charge in [-0.15, -0.1) is 5.10 Å². The van der Waals surface area contributed by atoms with Gasteiger partial charge in [0.2, 0.25) is 0 Å². The van der Waals surface area contributed by atoms with Crippen LogP contribution in [0.1, 0.15) is 43.0 Å². The topological polar surface area (TPSA) is 63.4 Å². The van der Waals surface area contributed by atoms with E-state index in [2.05, 4.69) is 66.6 Å². The summed E-state index contributed by atoms with van der Waals surface area (Å²) in [5.41, 5.74) is 3.72. The molecule has 0 spiro atoms. The number of aryl methyl sites for hydroxylation is 3. The summed E-state index contributed by atoms with van der Waals surface area (Å²) in [5, 5.41) is 18.8. The van der Waals surface area contributed by atoms with E-state index in [0.29, 0.717) is 6.61 Å². The third kappa shape index (κ3) is 6.12. The second kappa shape index (κ2) is 10.1. The second-order valence-corrected chi connectivity index (χ2v) is 8.16. The minimum Gasteiger partial charge on any atom is -0.389 e. The Kier molecular flexibility index (Phi) is 7.59. The first-order valence-electron chi connectivity index (χ1n) is 10.5. The third-order valence-corrected chi connectivity index (χ3v) is 5.67. The molecule has 1 N–H and O–H groups in total. The first-order valence-corrected chi connectivity index (χ1v) is 10.5. The molecule has 1 aromatic heterocycles. The molecule has 0 radical (unpaired) electrons. The minimum atomic E-state index is -0.412. The highest BCUT2D eigenvalue weighted by Crippen LogP contribution is 2.19. The average Bonchev–Trinajstić information content (AvgIpc) is 3.14. The van der Waals surface area contributed by atoms with Crippen molar-refractivity contribution in [3.8, 4) is 0 Å². The molecule has 1 fully saturated rings. The van der Waals surface area contributed by atoms with E-state index in [-0.39, 0.29) is 12.1 Å². The molecule has 0 unspecified atom stereocenters. The Labute approximate surface area is 168 Å². The van der Waals surface area contributed by atoms with E-state index in [1.807, 2.05) is 4.68 Å². The van der Waals surface area contributed by atoms with E-state index in [9.17, 15) is 5.11 Å². The molecule has 0 amide bonds. The van der Waals surface area contributed by atoms with E-state index < -0.39 is 6.10 Å². The normalized spacial score (nSPS) is 22.7. The van der Waals surface area contributed by atoms with Crippen LogP contribution in [0.4, 0.5) is 0 Å². The van der Waals surface area contributed by atoms with Gasteiger partial charge in [-0.05, 0) is 52.1 Å². The number of hydrogen-bond acceptors (Lipinski definition) is 5. The fourth-order valence-electron chi connectivity index (χ4n) is 3.79. The molecule has 0 saturated carbocycles. The summed E-state index contributed by atoms with van der Waals surface area (Å²) in [6.07, 6.45) is 6.93. The molecule has 1 saturated heterocycles.